The van der Waals surface area contributed by atoms with Gasteiger partial charge in [0.1, 0.15) is 0 Å². The molecule has 0 aromatic rings. The quantitative estimate of drug-likeness (QED) is 0.513. The molecule has 0 aromatic heterocycles. The van der Waals surface area contributed by atoms with Crippen LogP contribution >= 0.6 is 0 Å². The number of rotatable bonds is 8. The van der Waals surface area contributed by atoms with Gasteiger partial charge in [-0.1, -0.05) is 0 Å². The lowest BCUT2D eigenvalue weighted by molar-refractivity contribution is -0.120. The minimum Gasteiger partial charge on any atom is -0.396 e. The van der Waals surface area contributed by atoms with E-state index in [1.165, 1.54) is 0 Å². The Bertz CT molecular complexity index is 168. The van der Waals surface area contributed by atoms with Crippen molar-refractivity contribution in [1.29, 1.82) is 0 Å². The van der Waals surface area contributed by atoms with Gasteiger partial charge < -0.3 is 20.5 Å². The van der Waals surface area contributed by atoms with Crippen LogP contribution in [0, 0.1) is 0 Å². The average molecular weight is 218 g/mol. The molecule has 0 aliphatic heterocycles. The van der Waals surface area contributed by atoms with Crippen molar-refractivity contribution in [3.05, 3.63) is 0 Å². The fourth-order valence-corrected chi connectivity index (χ4v) is 1.21. The number of hydrogen-bond donors (Lipinski definition) is 3. The number of aliphatic hydroxyl groups excluding tert-OH is 1. The van der Waals surface area contributed by atoms with Gasteiger partial charge in [-0.15, -0.1) is 0 Å². The summed E-state index contributed by atoms with van der Waals surface area (Å²) >= 11 is 0. The first-order valence-corrected chi connectivity index (χ1v) is 5.22. The van der Waals surface area contributed by atoms with Crippen molar-refractivity contribution in [2.24, 2.45) is 0 Å². The third-order valence-corrected chi connectivity index (χ3v) is 1.85. The summed E-state index contributed by atoms with van der Waals surface area (Å²) in [6, 6.07) is 0.177. The number of ether oxygens (including phenoxy) is 1. The summed E-state index contributed by atoms with van der Waals surface area (Å²) in [5.74, 6) is -0.0379. The summed E-state index contributed by atoms with van der Waals surface area (Å²) < 4.78 is 4.96. The summed E-state index contributed by atoms with van der Waals surface area (Å²) in [5, 5.41) is 14.6. The van der Waals surface area contributed by atoms with Crippen molar-refractivity contribution >= 4 is 5.91 Å². The van der Waals surface area contributed by atoms with Crippen LogP contribution in [0.25, 0.3) is 0 Å². The topological polar surface area (TPSA) is 70.6 Å². The molecule has 1 amide bonds. The smallest absolute Gasteiger partial charge is 0.234 e. The van der Waals surface area contributed by atoms with Crippen molar-refractivity contribution in [2.45, 2.75) is 32.4 Å². The molecule has 0 bridgehead atoms. The maximum atomic E-state index is 11.3. The van der Waals surface area contributed by atoms with Gasteiger partial charge >= 0.3 is 0 Å². The molecule has 0 rings (SSSR count). The minimum atomic E-state index is -0.0379. The van der Waals surface area contributed by atoms with E-state index in [1.54, 1.807) is 7.11 Å². The molecule has 0 spiro atoms. The van der Waals surface area contributed by atoms with Crippen molar-refractivity contribution < 1.29 is 14.6 Å². The van der Waals surface area contributed by atoms with Crippen LogP contribution in [-0.2, 0) is 9.53 Å². The van der Waals surface area contributed by atoms with Crippen molar-refractivity contribution in [3.63, 3.8) is 0 Å². The van der Waals surface area contributed by atoms with Crippen LogP contribution in [0.2, 0.25) is 0 Å². The summed E-state index contributed by atoms with van der Waals surface area (Å²) in [7, 11) is 1.60. The van der Waals surface area contributed by atoms with Crippen LogP contribution < -0.4 is 10.6 Å². The second-order valence-corrected chi connectivity index (χ2v) is 3.77. The molecule has 0 fully saturated rings. The summed E-state index contributed by atoms with van der Waals surface area (Å²) in [5.41, 5.74) is 0. The molecule has 0 saturated carbocycles. The Morgan fingerprint density at radius 1 is 1.47 bits per heavy atom. The second kappa shape index (κ2) is 8.64. The van der Waals surface area contributed by atoms with Crippen LogP contribution in [0.4, 0.5) is 0 Å². The van der Waals surface area contributed by atoms with Crippen molar-refractivity contribution in [2.75, 3.05) is 26.9 Å². The third kappa shape index (κ3) is 8.35. The Hall–Kier alpha value is -0.650. The van der Waals surface area contributed by atoms with Gasteiger partial charge in [0.2, 0.25) is 5.91 Å². The molecule has 0 saturated heterocycles. The van der Waals surface area contributed by atoms with Gasteiger partial charge in [0.05, 0.1) is 13.2 Å². The maximum absolute atomic E-state index is 11.3. The van der Waals surface area contributed by atoms with Gasteiger partial charge in [-0.3, -0.25) is 4.79 Å². The number of carbonyl (C=O) groups is 1. The van der Waals surface area contributed by atoms with Gasteiger partial charge in [-0.2, -0.15) is 0 Å². The first kappa shape index (κ1) is 14.3. The lowest BCUT2D eigenvalue weighted by Crippen LogP contribution is -2.43. The highest BCUT2D eigenvalue weighted by Gasteiger charge is 2.09. The number of methoxy groups -OCH3 is 1. The predicted octanol–water partition coefficient (Wildman–Crippen LogP) is -0.502. The van der Waals surface area contributed by atoms with Crippen LogP contribution in [0.1, 0.15) is 20.3 Å². The van der Waals surface area contributed by atoms with Crippen LogP contribution in [0.15, 0.2) is 0 Å². The number of nitrogens with one attached hydrogen (secondary N) is 2. The molecular formula is C10H22N2O3. The van der Waals surface area contributed by atoms with E-state index < -0.39 is 0 Å². The van der Waals surface area contributed by atoms with Crippen LogP contribution in [0.3, 0.4) is 0 Å². The van der Waals surface area contributed by atoms with E-state index in [4.69, 9.17) is 9.84 Å². The lowest BCUT2D eigenvalue weighted by Gasteiger charge is -2.17. The zero-order valence-electron chi connectivity index (χ0n) is 9.75. The van der Waals surface area contributed by atoms with E-state index in [-0.39, 0.29) is 31.1 Å². The molecule has 1 atom stereocenters. The number of aliphatic hydroxyl groups is 1. The first-order valence-electron chi connectivity index (χ1n) is 5.22. The fourth-order valence-electron chi connectivity index (χ4n) is 1.21. The zero-order chi connectivity index (χ0) is 11.7. The maximum Gasteiger partial charge on any atom is 0.234 e. The molecule has 15 heavy (non-hydrogen) atoms. The molecular weight excluding hydrogens is 196 g/mol. The molecule has 90 valence electrons. The average Bonchev–Trinajstić information content (AvgIpc) is 2.14. The fraction of sp³-hybridized carbons (Fsp3) is 0.900. The molecule has 0 radical (unpaired) electrons. The van der Waals surface area contributed by atoms with Gasteiger partial charge in [0.15, 0.2) is 0 Å². The van der Waals surface area contributed by atoms with Crippen LogP contribution in [0.5, 0.6) is 0 Å². The molecule has 1 unspecified atom stereocenters. The van der Waals surface area contributed by atoms with Crippen molar-refractivity contribution in [1.82, 2.24) is 10.6 Å². The number of amides is 1. The van der Waals surface area contributed by atoms with E-state index in [0.29, 0.717) is 13.0 Å². The standard InChI is InChI=1S/C10H22N2O3/c1-8(2)12-10(14)6-11-9(4-5-13)7-15-3/h8-9,11,13H,4-7H2,1-3H3,(H,12,14). The van der Waals surface area contributed by atoms with Crippen LogP contribution in [-0.4, -0.2) is 50.0 Å². The Kier molecular flexibility index (Phi) is 8.27. The Morgan fingerprint density at radius 3 is 2.60 bits per heavy atom. The number of hydrogen-bond acceptors (Lipinski definition) is 4. The number of carbonyl (C=O) groups excluding carboxylic acids is 1. The van der Waals surface area contributed by atoms with E-state index in [0.717, 1.165) is 0 Å². The molecule has 0 aliphatic rings. The highest BCUT2D eigenvalue weighted by Crippen LogP contribution is 1.91. The van der Waals surface area contributed by atoms with Gasteiger partial charge in [0.25, 0.3) is 0 Å². The molecule has 5 heteroatoms. The molecule has 5 nitrogen and oxygen atoms in total. The Labute approximate surface area is 91.2 Å². The Balaban J connectivity index is 3.72. The highest BCUT2D eigenvalue weighted by atomic mass is 16.5. The SMILES string of the molecule is COCC(CCO)NCC(=O)NC(C)C. The Morgan fingerprint density at radius 2 is 2.13 bits per heavy atom. The van der Waals surface area contributed by atoms with E-state index in [2.05, 4.69) is 10.6 Å². The van der Waals surface area contributed by atoms with E-state index in [1.807, 2.05) is 13.8 Å². The minimum absolute atomic E-state index is 0.0258. The van der Waals surface area contributed by atoms with Crippen molar-refractivity contribution in [3.8, 4) is 0 Å². The molecule has 0 heterocycles. The van der Waals surface area contributed by atoms with E-state index in [9.17, 15) is 4.79 Å². The van der Waals surface area contributed by atoms with Gasteiger partial charge in [-0.25, -0.2) is 0 Å². The second-order valence-electron chi connectivity index (χ2n) is 3.77. The monoisotopic (exact) mass is 218 g/mol. The molecule has 0 aromatic carbocycles. The summed E-state index contributed by atoms with van der Waals surface area (Å²) in [4.78, 5) is 11.3. The lowest BCUT2D eigenvalue weighted by atomic mass is 10.2. The van der Waals surface area contributed by atoms with E-state index >= 15 is 0 Å². The largest absolute Gasteiger partial charge is 0.396 e. The zero-order valence-corrected chi connectivity index (χ0v) is 9.75. The highest BCUT2D eigenvalue weighted by molar-refractivity contribution is 5.78. The summed E-state index contributed by atoms with van der Waals surface area (Å²) in [6.07, 6.45) is 0.586. The van der Waals surface area contributed by atoms with Gasteiger partial charge in [0, 0.05) is 25.8 Å². The van der Waals surface area contributed by atoms with Gasteiger partial charge in [-0.05, 0) is 20.3 Å². The third-order valence-electron chi connectivity index (χ3n) is 1.85. The summed E-state index contributed by atoms with van der Waals surface area (Å²) in [6.45, 7) is 4.67. The molecule has 3 N–H and O–H groups in total. The normalized spacial score (nSPS) is 12.9. The predicted molar refractivity (Wildman–Crippen MR) is 58.6 cm³/mol. The first-order chi connectivity index (χ1) is 7.10. The molecule has 0 aliphatic carbocycles.